The highest BCUT2D eigenvalue weighted by Crippen LogP contribution is 2.38. The maximum atomic E-state index is 7.17. The van der Waals surface area contributed by atoms with Crippen LogP contribution >= 0.6 is 0 Å². The van der Waals surface area contributed by atoms with Gasteiger partial charge in [0, 0.05) is 0 Å². The summed E-state index contributed by atoms with van der Waals surface area (Å²) in [7, 11) is -2.40. The molecule has 0 amide bonds. The van der Waals surface area contributed by atoms with Gasteiger partial charge in [0.15, 0.2) is 0 Å². The summed E-state index contributed by atoms with van der Waals surface area (Å²) < 4.78 is 19.9. The van der Waals surface area contributed by atoms with E-state index in [4.69, 9.17) is 13.7 Å². The molecule has 1 unspecified atom stereocenters. The fourth-order valence-electron chi connectivity index (χ4n) is 4.43. The lowest BCUT2D eigenvalue weighted by Gasteiger charge is -2.32. The van der Waals surface area contributed by atoms with E-state index in [0.29, 0.717) is 0 Å². The minimum Gasteiger partial charge on any atom is -0.404 e. The Hall–Kier alpha value is -2.44. The van der Waals surface area contributed by atoms with E-state index in [1.807, 2.05) is 6.07 Å². The molecule has 0 N–H and O–H groups in total. The third-order valence-electron chi connectivity index (χ3n) is 7.09. The predicted molar refractivity (Wildman–Crippen MR) is 150 cm³/mol. The minimum absolute atomic E-state index is 0.117. The highest BCUT2D eigenvalue weighted by Gasteiger charge is 2.50. The molecule has 3 aromatic carbocycles. The van der Waals surface area contributed by atoms with Gasteiger partial charge in [-0.25, -0.2) is 0 Å². The van der Waals surface area contributed by atoms with Crippen LogP contribution in [-0.2, 0) is 13.7 Å². The van der Waals surface area contributed by atoms with E-state index in [0.717, 1.165) is 11.1 Å². The van der Waals surface area contributed by atoms with Gasteiger partial charge in [-0.05, 0) is 61.1 Å². The van der Waals surface area contributed by atoms with Gasteiger partial charge >= 0.3 is 7.12 Å². The van der Waals surface area contributed by atoms with Gasteiger partial charge < -0.3 is 13.7 Å². The third-order valence-corrected chi connectivity index (χ3v) is 9.64. The summed E-state index contributed by atoms with van der Waals surface area (Å²) in [5.41, 5.74) is 1.46. The third kappa shape index (κ3) is 5.87. The molecule has 3 nitrogen and oxygen atoms in total. The van der Waals surface area contributed by atoms with Crippen molar-refractivity contribution in [3.05, 3.63) is 103 Å². The van der Waals surface area contributed by atoms with Crippen molar-refractivity contribution in [3.63, 3.8) is 0 Å². The Balaban J connectivity index is 1.76. The largest absolute Gasteiger partial charge is 0.487 e. The van der Waals surface area contributed by atoms with Crippen molar-refractivity contribution in [2.45, 2.75) is 58.8 Å². The van der Waals surface area contributed by atoms with Crippen molar-refractivity contribution < 1.29 is 13.7 Å². The maximum absolute atomic E-state index is 7.17. The molecule has 5 heteroatoms. The maximum Gasteiger partial charge on any atom is 0.487 e. The molecule has 0 spiro atoms. The Morgan fingerprint density at radius 1 is 0.743 bits per heavy atom. The van der Waals surface area contributed by atoms with Gasteiger partial charge in [-0.3, -0.25) is 0 Å². The quantitative estimate of drug-likeness (QED) is 0.407. The fourth-order valence-corrected chi connectivity index (χ4v) is 7.03. The van der Waals surface area contributed by atoms with Crippen LogP contribution in [0.25, 0.3) is 5.57 Å². The summed E-state index contributed by atoms with van der Waals surface area (Å²) in [4.78, 5) is 0. The molecule has 3 aromatic rings. The Bertz CT molecular complexity index is 1060. The summed E-state index contributed by atoms with van der Waals surface area (Å²) in [5.74, 6) is 2.39. The molecule has 0 radical (unpaired) electrons. The normalized spacial score (nSPS) is 18.3. The van der Waals surface area contributed by atoms with Gasteiger partial charge in [0.2, 0.25) is 9.04 Å². The van der Waals surface area contributed by atoms with Crippen LogP contribution in [0.4, 0.5) is 0 Å². The van der Waals surface area contributed by atoms with Crippen molar-refractivity contribution in [3.8, 4) is 0 Å². The van der Waals surface area contributed by atoms with Crippen LogP contribution in [0.5, 0.6) is 0 Å². The van der Waals surface area contributed by atoms with Crippen molar-refractivity contribution in [1.29, 1.82) is 0 Å². The zero-order chi connectivity index (χ0) is 25.1. The molecule has 0 aliphatic carbocycles. The first-order valence-electron chi connectivity index (χ1n) is 12.6. The standard InChI is InChI=1S/C30H37BO3Si/c1-23(2)28(32-35(25-18-12-8-13-19-25)26-20-14-9-15-21-26)27(24-16-10-7-11-17-24)22-31-33-29(3,4)30(5,6)34-31/h7-23,28,35H,1-6H3/b27-22+. The van der Waals surface area contributed by atoms with Crippen LogP contribution in [0.15, 0.2) is 97.0 Å². The summed E-state index contributed by atoms with van der Waals surface area (Å²) in [6.45, 7) is 12.8. The molecule has 4 rings (SSSR count). The zero-order valence-electron chi connectivity index (χ0n) is 21.8. The van der Waals surface area contributed by atoms with E-state index in [-0.39, 0.29) is 12.0 Å². The lowest BCUT2D eigenvalue weighted by atomic mass is 9.81. The first-order chi connectivity index (χ1) is 16.7. The molecule has 1 fully saturated rings. The van der Waals surface area contributed by atoms with Gasteiger partial charge in [0.05, 0.1) is 17.3 Å². The SMILES string of the molecule is CC(C)C(O[SiH](c1ccccc1)c1ccccc1)/C(=C/B1OC(C)(C)C(C)(C)O1)c1ccccc1. The van der Waals surface area contributed by atoms with Gasteiger partial charge in [-0.2, -0.15) is 0 Å². The average molecular weight is 485 g/mol. The predicted octanol–water partition coefficient (Wildman–Crippen LogP) is 5.28. The zero-order valence-corrected chi connectivity index (χ0v) is 22.9. The Morgan fingerprint density at radius 2 is 1.17 bits per heavy atom. The highest BCUT2D eigenvalue weighted by molar-refractivity contribution is 6.80. The summed E-state index contributed by atoms with van der Waals surface area (Å²) in [6.07, 6.45) is -0.117. The molecule has 1 heterocycles. The molecule has 1 aliphatic heterocycles. The first-order valence-corrected chi connectivity index (χ1v) is 14.2. The fraction of sp³-hybridized carbons (Fsp3) is 0.333. The molecule has 1 atom stereocenters. The Kier molecular flexibility index (Phi) is 7.82. The van der Waals surface area contributed by atoms with Crippen LogP contribution in [-0.4, -0.2) is 33.5 Å². The number of rotatable bonds is 8. The molecule has 182 valence electrons. The monoisotopic (exact) mass is 484 g/mol. The number of hydrogen-bond acceptors (Lipinski definition) is 3. The minimum atomic E-state index is -1.97. The topological polar surface area (TPSA) is 27.7 Å². The van der Waals surface area contributed by atoms with Crippen LogP contribution < -0.4 is 10.4 Å². The Morgan fingerprint density at radius 3 is 1.60 bits per heavy atom. The van der Waals surface area contributed by atoms with E-state index in [1.54, 1.807) is 0 Å². The van der Waals surface area contributed by atoms with Crippen LogP contribution in [0, 0.1) is 5.92 Å². The van der Waals surface area contributed by atoms with E-state index >= 15 is 0 Å². The lowest BCUT2D eigenvalue weighted by Crippen LogP contribution is -2.48. The molecule has 0 saturated carbocycles. The second-order valence-corrected chi connectivity index (χ2v) is 13.0. The second kappa shape index (κ2) is 10.7. The summed E-state index contributed by atoms with van der Waals surface area (Å²) >= 11 is 0. The average Bonchev–Trinajstić information content (AvgIpc) is 3.05. The molecule has 0 bridgehead atoms. The Labute approximate surface area is 213 Å². The second-order valence-electron chi connectivity index (χ2n) is 10.6. The van der Waals surface area contributed by atoms with Gasteiger partial charge in [-0.15, -0.1) is 0 Å². The number of benzene rings is 3. The van der Waals surface area contributed by atoms with E-state index in [1.165, 1.54) is 10.4 Å². The summed E-state index contributed by atoms with van der Waals surface area (Å²) in [5, 5.41) is 2.54. The van der Waals surface area contributed by atoms with Crippen LogP contribution in [0.1, 0.15) is 47.1 Å². The van der Waals surface area contributed by atoms with Crippen molar-refractivity contribution in [2.24, 2.45) is 5.92 Å². The number of hydrogen-bond donors (Lipinski definition) is 0. The van der Waals surface area contributed by atoms with E-state index in [2.05, 4.69) is 132 Å². The van der Waals surface area contributed by atoms with Crippen molar-refractivity contribution in [2.75, 3.05) is 0 Å². The lowest BCUT2D eigenvalue weighted by molar-refractivity contribution is 0.00578. The van der Waals surface area contributed by atoms with Gasteiger partial charge in [-0.1, -0.05) is 105 Å². The van der Waals surface area contributed by atoms with Crippen LogP contribution in [0.2, 0.25) is 0 Å². The molecule has 1 saturated heterocycles. The van der Waals surface area contributed by atoms with E-state index < -0.39 is 27.4 Å². The molecular formula is C30H37BO3Si. The van der Waals surface area contributed by atoms with Gasteiger partial charge in [0.25, 0.3) is 0 Å². The van der Waals surface area contributed by atoms with Crippen molar-refractivity contribution >= 4 is 32.1 Å². The van der Waals surface area contributed by atoms with Crippen LogP contribution in [0.3, 0.4) is 0 Å². The highest BCUT2D eigenvalue weighted by atomic mass is 28.3. The van der Waals surface area contributed by atoms with E-state index in [9.17, 15) is 0 Å². The summed E-state index contributed by atoms with van der Waals surface area (Å²) in [6, 6.07) is 31.8. The molecule has 35 heavy (non-hydrogen) atoms. The smallest absolute Gasteiger partial charge is 0.404 e. The molecular weight excluding hydrogens is 447 g/mol. The molecule has 1 aliphatic rings. The van der Waals surface area contributed by atoms with Crippen molar-refractivity contribution in [1.82, 2.24) is 0 Å². The van der Waals surface area contributed by atoms with Gasteiger partial charge in [0.1, 0.15) is 0 Å². The molecule has 0 aromatic heterocycles. The first kappa shape index (κ1) is 25.6.